The van der Waals surface area contributed by atoms with Crippen LogP contribution >= 0.6 is 0 Å². The molecule has 0 spiro atoms. The molecular formula is C12H13NO. The van der Waals surface area contributed by atoms with E-state index >= 15 is 0 Å². The van der Waals surface area contributed by atoms with Crippen molar-refractivity contribution < 1.29 is 4.79 Å². The lowest BCUT2D eigenvalue weighted by Crippen LogP contribution is -2.31. The minimum Gasteiger partial charge on any atom is -0.341 e. The van der Waals surface area contributed by atoms with Crippen molar-refractivity contribution in [1.29, 1.82) is 0 Å². The monoisotopic (exact) mass is 187 g/mol. The molecule has 0 fully saturated rings. The van der Waals surface area contributed by atoms with E-state index in [2.05, 4.69) is 0 Å². The maximum atomic E-state index is 11.8. The van der Waals surface area contributed by atoms with E-state index in [1.165, 1.54) is 0 Å². The summed E-state index contributed by atoms with van der Waals surface area (Å²) in [5.74, 6) is 0.127. The van der Waals surface area contributed by atoms with Crippen LogP contribution < -0.4 is 0 Å². The number of likely N-dealkylation sites (N-methyl/N-ethyl adjacent to an activating group) is 1. The Morgan fingerprint density at radius 3 is 2.64 bits per heavy atom. The number of carbonyl (C=O) groups is 1. The van der Waals surface area contributed by atoms with Crippen LogP contribution in [-0.4, -0.2) is 24.4 Å². The maximum Gasteiger partial charge on any atom is 0.253 e. The average molecular weight is 187 g/mol. The second-order valence-corrected chi connectivity index (χ2v) is 3.50. The van der Waals surface area contributed by atoms with Gasteiger partial charge in [0, 0.05) is 19.2 Å². The van der Waals surface area contributed by atoms with Gasteiger partial charge >= 0.3 is 0 Å². The van der Waals surface area contributed by atoms with Gasteiger partial charge in [-0.1, -0.05) is 36.4 Å². The van der Waals surface area contributed by atoms with Crippen LogP contribution in [-0.2, 0) is 4.79 Å². The van der Waals surface area contributed by atoms with Gasteiger partial charge < -0.3 is 4.90 Å². The van der Waals surface area contributed by atoms with Crippen LogP contribution in [0.4, 0.5) is 0 Å². The SMILES string of the molecule is CN1CCC=C(c2ccccc2)C1=O. The first-order chi connectivity index (χ1) is 6.79. The van der Waals surface area contributed by atoms with Gasteiger partial charge in [0.15, 0.2) is 0 Å². The van der Waals surface area contributed by atoms with Crippen molar-refractivity contribution in [2.75, 3.05) is 13.6 Å². The lowest BCUT2D eigenvalue weighted by molar-refractivity contribution is -0.124. The third-order valence-electron chi connectivity index (χ3n) is 2.47. The van der Waals surface area contributed by atoms with E-state index in [1.54, 1.807) is 4.90 Å². The highest BCUT2D eigenvalue weighted by Gasteiger charge is 2.19. The van der Waals surface area contributed by atoms with Gasteiger partial charge in [0.25, 0.3) is 5.91 Å². The highest BCUT2D eigenvalue weighted by molar-refractivity contribution is 6.19. The van der Waals surface area contributed by atoms with E-state index in [1.807, 2.05) is 43.5 Å². The molecule has 1 aromatic rings. The fraction of sp³-hybridized carbons (Fsp3) is 0.250. The molecule has 1 aromatic carbocycles. The topological polar surface area (TPSA) is 20.3 Å². The van der Waals surface area contributed by atoms with Crippen LogP contribution in [0.2, 0.25) is 0 Å². The first-order valence-corrected chi connectivity index (χ1v) is 4.80. The fourth-order valence-electron chi connectivity index (χ4n) is 1.66. The Kier molecular flexibility index (Phi) is 2.35. The number of nitrogens with zero attached hydrogens (tertiary/aromatic N) is 1. The fourth-order valence-corrected chi connectivity index (χ4v) is 1.66. The predicted molar refractivity (Wildman–Crippen MR) is 56.7 cm³/mol. The molecule has 0 saturated heterocycles. The number of amides is 1. The summed E-state index contributed by atoms with van der Waals surface area (Å²) in [6, 6.07) is 9.82. The Labute approximate surface area is 83.8 Å². The molecular weight excluding hydrogens is 174 g/mol. The van der Waals surface area contributed by atoms with Crippen LogP contribution in [0.1, 0.15) is 12.0 Å². The van der Waals surface area contributed by atoms with E-state index in [0.29, 0.717) is 0 Å². The minimum atomic E-state index is 0.127. The van der Waals surface area contributed by atoms with E-state index in [0.717, 1.165) is 24.1 Å². The smallest absolute Gasteiger partial charge is 0.253 e. The largest absolute Gasteiger partial charge is 0.341 e. The number of hydrogen-bond donors (Lipinski definition) is 0. The van der Waals surface area contributed by atoms with Crippen LogP contribution in [0.3, 0.4) is 0 Å². The van der Waals surface area contributed by atoms with Crippen molar-refractivity contribution in [1.82, 2.24) is 4.90 Å². The van der Waals surface area contributed by atoms with E-state index in [4.69, 9.17) is 0 Å². The van der Waals surface area contributed by atoms with Crippen LogP contribution in [0.25, 0.3) is 5.57 Å². The number of carbonyl (C=O) groups excluding carboxylic acids is 1. The molecule has 0 N–H and O–H groups in total. The quantitative estimate of drug-likeness (QED) is 0.658. The molecule has 0 unspecified atom stereocenters. The molecule has 1 aliphatic rings. The Bertz CT molecular complexity index is 367. The number of hydrogen-bond acceptors (Lipinski definition) is 1. The zero-order chi connectivity index (χ0) is 9.97. The summed E-state index contributed by atoms with van der Waals surface area (Å²) < 4.78 is 0. The molecule has 0 saturated carbocycles. The van der Waals surface area contributed by atoms with E-state index in [9.17, 15) is 4.79 Å². The highest BCUT2D eigenvalue weighted by atomic mass is 16.2. The summed E-state index contributed by atoms with van der Waals surface area (Å²) in [6.07, 6.45) is 2.98. The molecule has 0 aromatic heterocycles. The lowest BCUT2D eigenvalue weighted by atomic mass is 10.0. The Morgan fingerprint density at radius 1 is 1.21 bits per heavy atom. The number of benzene rings is 1. The van der Waals surface area contributed by atoms with Gasteiger partial charge in [-0.3, -0.25) is 4.79 Å². The van der Waals surface area contributed by atoms with Gasteiger partial charge in [-0.15, -0.1) is 0 Å². The van der Waals surface area contributed by atoms with Crippen molar-refractivity contribution in [3.8, 4) is 0 Å². The summed E-state index contributed by atoms with van der Waals surface area (Å²) in [4.78, 5) is 13.5. The van der Waals surface area contributed by atoms with Gasteiger partial charge in [-0.2, -0.15) is 0 Å². The molecule has 2 heteroatoms. The summed E-state index contributed by atoms with van der Waals surface area (Å²) in [5, 5.41) is 0. The van der Waals surface area contributed by atoms with Gasteiger partial charge in [0.1, 0.15) is 0 Å². The first kappa shape index (κ1) is 9.00. The molecule has 0 atom stereocenters. The Morgan fingerprint density at radius 2 is 1.93 bits per heavy atom. The summed E-state index contributed by atoms with van der Waals surface area (Å²) in [5.41, 5.74) is 1.85. The normalized spacial score (nSPS) is 16.8. The van der Waals surface area contributed by atoms with Crippen molar-refractivity contribution in [2.45, 2.75) is 6.42 Å². The average Bonchev–Trinajstić information content (AvgIpc) is 2.23. The maximum absolute atomic E-state index is 11.8. The molecule has 14 heavy (non-hydrogen) atoms. The van der Waals surface area contributed by atoms with Gasteiger partial charge in [0.2, 0.25) is 0 Å². The van der Waals surface area contributed by atoms with Crippen LogP contribution in [0.5, 0.6) is 0 Å². The van der Waals surface area contributed by atoms with Crippen molar-refractivity contribution in [2.24, 2.45) is 0 Å². The number of rotatable bonds is 1. The second-order valence-electron chi connectivity index (χ2n) is 3.50. The minimum absolute atomic E-state index is 0.127. The van der Waals surface area contributed by atoms with Crippen LogP contribution in [0.15, 0.2) is 36.4 Å². The molecule has 0 aliphatic carbocycles. The predicted octanol–water partition coefficient (Wildman–Crippen LogP) is 1.93. The van der Waals surface area contributed by atoms with E-state index < -0.39 is 0 Å². The van der Waals surface area contributed by atoms with Gasteiger partial charge in [-0.25, -0.2) is 0 Å². The van der Waals surface area contributed by atoms with Crippen molar-refractivity contribution in [3.63, 3.8) is 0 Å². The van der Waals surface area contributed by atoms with Crippen molar-refractivity contribution in [3.05, 3.63) is 42.0 Å². The first-order valence-electron chi connectivity index (χ1n) is 4.80. The molecule has 1 amide bonds. The van der Waals surface area contributed by atoms with E-state index in [-0.39, 0.29) is 5.91 Å². The Balaban J connectivity index is 2.35. The lowest BCUT2D eigenvalue weighted by Gasteiger charge is -2.22. The zero-order valence-electron chi connectivity index (χ0n) is 8.23. The highest BCUT2D eigenvalue weighted by Crippen LogP contribution is 2.20. The summed E-state index contributed by atoms with van der Waals surface area (Å²) >= 11 is 0. The standard InChI is InChI=1S/C12H13NO/c1-13-9-5-8-11(12(13)14)10-6-3-2-4-7-10/h2-4,6-8H,5,9H2,1H3. The summed E-state index contributed by atoms with van der Waals surface area (Å²) in [6.45, 7) is 0.829. The molecule has 1 heterocycles. The molecule has 72 valence electrons. The molecule has 2 nitrogen and oxygen atoms in total. The second kappa shape index (κ2) is 3.66. The third-order valence-corrected chi connectivity index (χ3v) is 2.47. The van der Waals surface area contributed by atoms with Gasteiger partial charge in [-0.05, 0) is 12.0 Å². The Hall–Kier alpha value is -1.57. The van der Waals surface area contributed by atoms with Gasteiger partial charge in [0.05, 0.1) is 0 Å². The molecule has 2 rings (SSSR count). The molecule has 1 aliphatic heterocycles. The zero-order valence-corrected chi connectivity index (χ0v) is 8.23. The molecule has 0 radical (unpaired) electrons. The third kappa shape index (κ3) is 1.55. The summed E-state index contributed by atoms with van der Waals surface area (Å²) in [7, 11) is 1.85. The molecule has 0 bridgehead atoms. The van der Waals surface area contributed by atoms with Crippen molar-refractivity contribution >= 4 is 11.5 Å². The van der Waals surface area contributed by atoms with Crippen LogP contribution in [0, 0.1) is 0 Å².